The normalized spacial score (nSPS) is 34.8. The third-order valence-corrected chi connectivity index (χ3v) is 19.9. The van der Waals surface area contributed by atoms with Crippen molar-refractivity contribution in [1.82, 2.24) is 42.5 Å². The fourth-order valence-electron chi connectivity index (χ4n) is 11.2. The molecule has 6 rings (SSSR count). The number of aliphatic hydroxyl groups excluding tert-OH is 12. The maximum atomic E-state index is 13.6. The summed E-state index contributed by atoms with van der Waals surface area (Å²) in [6.07, 6.45) is -25.7. The van der Waals surface area contributed by atoms with Gasteiger partial charge in [0.2, 0.25) is 29.5 Å². The van der Waals surface area contributed by atoms with Crippen LogP contribution in [0.3, 0.4) is 0 Å². The second-order valence-electron chi connectivity index (χ2n) is 23.4. The van der Waals surface area contributed by atoms with Gasteiger partial charge in [-0.15, -0.1) is 0 Å². The van der Waals surface area contributed by atoms with Crippen molar-refractivity contribution in [2.45, 2.75) is 224 Å². The number of hydrogen-bond acceptors (Lipinski definition) is 30. The summed E-state index contributed by atoms with van der Waals surface area (Å²) in [6.45, 7) is -0.167. The first-order valence-electron chi connectivity index (χ1n) is 31.6. The molecule has 6 aliphatic rings. The van der Waals surface area contributed by atoms with E-state index in [0.717, 1.165) is 18.6 Å². The number of hydrogen-bond donors (Lipinski definition) is 20. The quantitative estimate of drug-likeness (QED) is 0.0154. The molecule has 0 unspecified atom stereocenters. The van der Waals surface area contributed by atoms with E-state index in [9.17, 15) is 94.8 Å². The number of urea groups is 1. The Morgan fingerprint density at radius 3 is 1.44 bits per heavy atom. The van der Waals surface area contributed by atoms with E-state index in [1.165, 1.54) is 37.4 Å². The Hall–Kier alpha value is -3.66. The number of carbonyl (C=O) groups excluding carboxylic acids is 7. The average Bonchev–Trinajstić information content (AvgIpc) is 1.06. The lowest BCUT2D eigenvalue weighted by molar-refractivity contribution is -0.344. The third kappa shape index (κ3) is 23.5. The van der Waals surface area contributed by atoms with Crippen molar-refractivity contribution in [2.75, 3.05) is 81.5 Å². The van der Waals surface area contributed by atoms with Crippen molar-refractivity contribution in [2.24, 2.45) is 0 Å². The first-order chi connectivity index (χ1) is 45.0. The van der Waals surface area contributed by atoms with Gasteiger partial charge in [-0.05, 0) is 50.0 Å². The zero-order chi connectivity index (χ0) is 68.6. The standard InChI is InChI=1S/C56H96N8O27S3/c1-26(69)59-38-48(90-54-46(80)44(78)40(74)29(21-65)88-54)42(76)31(23-67)86-52(38)84-15-7-17-92-19-11-35(72)62-50(51(82)58-14-6-5-13-57-34(71)10-4-3-9-33-37-28(25-94-33)61-56(83)64-37)63-36(73)12-20-93-18-8-16-85-53-39(60-27(2)70)49(43(77)32(24-68)87-53)91-55-47(81)45(79)41(75)30(22-66)89-55/h28-33,37-50,52-55,65-68,74-81H,3-25H2,1-2H3,(H,57,71)(H,58,82)(H,59,69)(H,60,70)(H,62,72)(H,63,73)(H2,61,64,83)/t28-,29+,30+,31+,32+,33-,37-,38+,39+,40-,41-,42-,43-,44-,45-,46+,47+,48+,49+,52-,53-,54-,55-/m0/s1. The molecule has 540 valence electrons. The van der Waals surface area contributed by atoms with Crippen LogP contribution in [-0.2, 0) is 66.7 Å². The Morgan fingerprint density at radius 1 is 0.532 bits per heavy atom. The maximum absolute atomic E-state index is 13.6. The molecular formula is C56H96N8O27S3. The van der Waals surface area contributed by atoms with E-state index in [2.05, 4.69) is 42.5 Å². The summed E-state index contributed by atoms with van der Waals surface area (Å²) in [4.78, 5) is 89.2. The molecule has 8 amide bonds. The minimum atomic E-state index is -1.86. The van der Waals surface area contributed by atoms with Gasteiger partial charge >= 0.3 is 6.03 Å². The van der Waals surface area contributed by atoms with Gasteiger partial charge in [-0.3, -0.25) is 28.8 Å². The van der Waals surface area contributed by atoms with Gasteiger partial charge in [0.25, 0.3) is 5.91 Å². The second-order valence-corrected chi connectivity index (χ2v) is 27.2. The molecule has 6 heterocycles. The molecule has 0 aromatic rings. The van der Waals surface area contributed by atoms with Gasteiger partial charge in [0, 0.05) is 68.7 Å². The van der Waals surface area contributed by atoms with E-state index >= 15 is 0 Å². The SMILES string of the molecule is CC(=O)N[C@H]1[C@@H](OCCCSCCC(=O)NC(NC(=O)CCSCCCO[C@H]2O[C@H](CO)[C@H](O)[C@H](O[C@@H]3O[C@H](CO)[C@H](O)[C@H](O)[C@H]3O)[C@H]2NC(C)=O)C(=O)NCCCCNC(=O)CCCC[C@@H]2SC[C@@H]3NC(=O)N[C@@H]32)O[C@H](CO)[C@H](O)[C@@H]1O[C@@H]1O[C@H](CO)[C@H](O)[C@H](O)[C@H]1O. The van der Waals surface area contributed by atoms with Gasteiger partial charge in [0.05, 0.1) is 51.7 Å². The van der Waals surface area contributed by atoms with Gasteiger partial charge < -0.3 is 142 Å². The molecule has 0 aromatic heterocycles. The van der Waals surface area contributed by atoms with E-state index < -0.39 is 185 Å². The Morgan fingerprint density at radius 2 is 0.979 bits per heavy atom. The molecule has 0 spiro atoms. The van der Waals surface area contributed by atoms with Crippen molar-refractivity contribution >= 4 is 76.8 Å². The summed E-state index contributed by atoms with van der Waals surface area (Å²) < 4.78 is 46.0. The van der Waals surface area contributed by atoms with E-state index in [-0.39, 0.29) is 68.1 Å². The molecule has 94 heavy (non-hydrogen) atoms. The van der Waals surface area contributed by atoms with Gasteiger partial charge in [-0.1, -0.05) is 6.42 Å². The molecule has 23 atom stereocenters. The predicted molar refractivity (Wildman–Crippen MR) is 330 cm³/mol. The number of unbranched alkanes of at least 4 members (excludes halogenated alkanes) is 2. The number of aliphatic hydroxyl groups is 12. The molecule has 6 fully saturated rings. The zero-order valence-electron chi connectivity index (χ0n) is 52.3. The molecule has 6 saturated heterocycles. The lowest BCUT2D eigenvalue weighted by Crippen LogP contribution is -2.68. The summed E-state index contributed by atoms with van der Waals surface area (Å²) in [5, 5.41) is 146. The molecule has 20 N–H and O–H groups in total. The Kier molecular flexibility index (Phi) is 34.1. The van der Waals surface area contributed by atoms with Crippen LogP contribution in [0.5, 0.6) is 0 Å². The summed E-state index contributed by atoms with van der Waals surface area (Å²) in [7, 11) is 0. The third-order valence-electron chi connectivity index (χ3n) is 16.3. The van der Waals surface area contributed by atoms with Crippen molar-refractivity contribution in [3.05, 3.63) is 0 Å². The van der Waals surface area contributed by atoms with Crippen molar-refractivity contribution in [3.63, 3.8) is 0 Å². The van der Waals surface area contributed by atoms with Gasteiger partial charge in [0.1, 0.15) is 97.5 Å². The number of fused-ring (bicyclic) bond motifs is 1. The van der Waals surface area contributed by atoms with Gasteiger partial charge in [-0.25, -0.2) is 4.79 Å². The minimum Gasteiger partial charge on any atom is -0.394 e. The van der Waals surface area contributed by atoms with E-state index in [4.69, 9.17) is 37.9 Å². The smallest absolute Gasteiger partial charge is 0.315 e. The number of nitrogens with one attached hydrogen (secondary N) is 8. The largest absolute Gasteiger partial charge is 0.394 e. The Labute approximate surface area is 555 Å². The maximum Gasteiger partial charge on any atom is 0.315 e. The summed E-state index contributed by atoms with van der Waals surface area (Å²) in [5.74, 6) is -0.960. The first-order valence-corrected chi connectivity index (χ1v) is 34.9. The van der Waals surface area contributed by atoms with Crippen LogP contribution >= 0.6 is 35.3 Å². The number of carbonyl (C=O) groups is 7. The summed E-state index contributed by atoms with van der Waals surface area (Å²) in [5.41, 5.74) is 0. The molecule has 0 saturated carbocycles. The van der Waals surface area contributed by atoms with Crippen LogP contribution in [0.15, 0.2) is 0 Å². The second kappa shape index (κ2) is 40.4. The monoisotopic (exact) mass is 1410 g/mol. The van der Waals surface area contributed by atoms with E-state index in [1.54, 1.807) is 0 Å². The number of ether oxygens (including phenoxy) is 8. The van der Waals surface area contributed by atoms with Crippen LogP contribution in [0, 0.1) is 0 Å². The van der Waals surface area contributed by atoms with Crippen LogP contribution in [0.25, 0.3) is 0 Å². The van der Waals surface area contributed by atoms with Crippen LogP contribution in [-0.4, -0.2) is 330 Å². The van der Waals surface area contributed by atoms with E-state index in [0.29, 0.717) is 61.8 Å². The van der Waals surface area contributed by atoms with Crippen LogP contribution < -0.4 is 42.5 Å². The Bertz CT molecular complexity index is 2260. The molecule has 0 bridgehead atoms. The highest BCUT2D eigenvalue weighted by Gasteiger charge is 2.54. The molecular weight excluding hydrogens is 1310 g/mol. The van der Waals surface area contributed by atoms with Crippen LogP contribution in [0.2, 0.25) is 0 Å². The summed E-state index contributed by atoms with van der Waals surface area (Å²) in [6, 6.07) is -2.46. The molecule has 0 radical (unpaired) electrons. The first kappa shape index (κ1) is 79.3. The average molecular weight is 1410 g/mol. The topological polar surface area (TPSA) is 532 Å². The lowest BCUT2D eigenvalue weighted by atomic mass is 9.95. The van der Waals surface area contributed by atoms with Gasteiger partial charge in [-0.2, -0.15) is 35.3 Å². The predicted octanol–water partition coefficient (Wildman–Crippen LogP) is -8.12. The van der Waals surface area contributed by atoms with Crippen LogP contribution in [0.1, 0.15) is 78.1 Å². The fourth-order valence-corrected chi connectivity index (χ4v) is 14.5. The number of thioether (sulfide) groups is 3. The highest BCUT2D eigenvalue weighted by molar-refractivity contribution is 8.00. The lowest BCUT2D eigenvalue weighted by Gasteiger charge is -2.47. The van der Waals surface area contributed by atoms with Crippen molar-refractivity contribution < 1.29 is 133 Å². The highest BCUT2D eigenvalue weighted by Crippen LogP contribution is 2.35. The molecule has 0 aliphatic carbocycles. The molecule has 35 nitrogen and oxygen atoms in total. The highest BCUT2D eigenvalue weighted by atomic mass is 32.2. The minimum absolute atomic E-state index is 0.0147. The number of rotatable bonds is 39. The van der Waals surface area contributed by atoms with Crippen molar-refractivity contribution in [3.8, 4) is 0 Å². The van der Waals surface area contributed by atoms with E-state index in [1.807, 2.05) is 11.8 Å². The Balaban J connectivity index is 0.946. The fraction of sp³-hybridized carbons (Fsp3) is 0.875. The summed E-state index contributed by atoms with van der Waals surface area (Å²) >= 11 is 4.50. The van der Waals surface area contributed by atoms with Crippen LogP contribution in [0.4, 0.5) is 4.79 Å². The zero-order valence-corrected chi connectivity index (χ0v) is 54.8. The molecule has 38 heteroatoms. The van der Waals surface area contributed by atoms with Crippen molar-refractivity contribution in [1.29, 1.82) is 0 Å². The molecule has 6 aliphatic heterocycles. The van der Waals surface area contributed by atoms with Gasteiger partial charge in [0.15, 0.2) is 31.3 Å². The number of amides is 8. The molecule has 0 aromatic carbocycles.